The second-order valence-electron chi connectivity index (χ2n) is 5.62. The van der Waals surface area contributed by atoms with Crippen LogP contribution in [0.1, 0.15) is 38.1 Å². The van der Waals surface area contributed by atoms with Crippen molar-refractivity contribution in [2.24, 2.45) is 5.14 Å². The molecule has 4 nitrogen and oxygen atoms in total. The first-order valence-corrected chi connectivity index (χ1v) is 7.00. The van der Waals surface area contributed by atoms with Crippen LogP contribution in [-0.4, -0.2) is 24.6 Å². The summed E-state index contributed by atoms with van der Waals surface area (Å²) in [7, 11) is -0.434. The molecule has 1 fully saturated rings. The predicted molar refractivity (Wildman–Crippen MR) is 77.6 cm³/mol. The second-order valence-corrected chi connectivity index (χ2v) is 6.30. The summed E-state index contributed by atoms with van der Waals surface area (Å²) < 4.78 is 11.9. The summed E-state index contributed by atoms with van der Waals surface area (Å²) in [4.78, 5) is 11.6. The molecule has 0 amide bonds. The molecular weight excluding hydrogens is 261 g/mol. The fraction of sp³-hybridized carbons (Fsp3) is 0.462. The van der Waals surface area contributed by atoms with Crippen LogP contribution in [0.15, 0.2) is 23.1 Å². The summed E-state index contributed by atoms with van der Waals surface area (Å²) in [6.45, 7) is 8.02. The van der Waals surface area contributed by atoms with Crippen molar-refractivity contribution >= 4 is 30.8 Å². The molecule has 1 aliphatic heterocycles. The molecular formula is C13H18BNO3S. The molecule has 0 aliphatic carbocycles. The van der Waals surface area contributed by atoms with Gasteiger partial charge in [0, 0.05) is 10.5 Å². The summed E-state index contributed by atoms with van der Waals surface area (Å²) in [5.41, 5.74) is 0.693. The molecule has 102 valence electrons. The number of carbonyl (C=O) groups excluding carboxylic acids is 1. The molecule has 0 bridgehead atoms. The van der Waals surface area contributed by atoms with Crippen molar-refractivity contribution in [3.8, 4) is 0 Å². The van der Waals surface area contributed by atoms with Crippen molar-refractivity contribution < 1.29 is 14.1 Å². The van der Waals surface area contributed by atoms with Gasteiger partial charge in [0.1, 0.15) is 0 Å². The van der Waals surface area contributed by atoms with E-state index in [1.807, 2.05) is 39.8 Å². The van der Waals surface area contributed by atoms with Crippen LogP contribution >= 0.6 is 11.9 Å². The third-order valence-electron chi connectivity index (χ3n) is 3.82. The van der Waals surface area contributed by atoms with Crippen LogP contribution in [-0.2, 0) is 9.31 Å². The zero-order valence-corrected chi connectivity index (χ0v) is 12.4. The van der Waals surface area contributed by atoms with Crippen molar-refractivity contribution in [1.29, 1.82) is 0 Å². The fourth-order valence-corrected chi connectivity index (χ4v) is 2.33. The van der Waals surface area contributed by atoms with Crippen molar-refractivity contribution in [3.63, 3.8) is 0 Å². The van der Waals surface area contributed by atoms with Crippen LogP contribution < -0.4 is 10.6 Å². The highest BCUT2D eigenvalue weighted by Crippen LogP contribution is 2.36. The third kappa shape index (κ3) is 2.58. The Morgan fingerprint density at radius 1 is 1.21 bits per heavy atom. The first-order chi connectivity index (χ1) is 8.80. The summed E-state index contributed by atoms with van der Waals surface area (Å²) in [6.07, 6.45) is 0.795. The molecule has 2 rings (SSSR count). The van der Waals surface area contributed by atoms with E-state index in [1.165, 1.54) is 0 Å². The van der Waals surface area contributed by atoms with E-state index in [9.17, 15) is 4.79 Å². The summed E-state index contributed by atoms with van der Waals surface area (Å²) in [6, 6.07) is 5.42. The molecule has 19 heavy (non-hydrogen) atoms. The maximum absolute atomic E-state index is 10.9. The summed E-state index contributed by atoms with van der Waals surface area (Å²) >= 11 is 1.05. The monoisotopic (exact) mass is 279 g/mol. The number of aldehydes is 1. The normalized spacial score (nSPS) is 20.6. The van der Waals surface area contributed by atoms with Crippen LogP contribution in [0.5, 0.6) is 0 Å². The number of benzene rings is 1. The highest BCUT2D eigenvalue weighted by molar-refractivity contribution is 7.97. The van der Waals surface area contributed by atoms with Gasteiger partial charge in [-0.25, -0.2) is 0 Å². The molecule has 1 aromatic carbocycles. The van der Waals surface area contributed by atoms with Crippen LogP contribution in [0, 0.1) is 0 Å². The van der Waals surface area contributed by atoms with Gasteiger partial charge in [-0.3, -0.25) is 9.93 Å². The van der Waals surface area contributed by atoms with Gasteiger partial charge in [-0.05, 0) is 51.2 Å². The molecule has 0 saturated carbocycles. The standard InChI is InChI=1S/C13H18BNO3S/c1-12(2)13(3,4)18-14(17-12)10-6-5-9(8-16)11(7-10)19-15/h5-8H,15H2,1-4H3. The average molecular weight is 279 g/mol. The molecule has 6 heteroatoms. The van der Waals surface area contributed by atoms with Gasteiger partial charge in [0.15, 0.2) is 6.29 Å². The predicted octanol–water partition coefficient (Wildman–Crippen LogP) is 1.76. The number of hydrogen-bond donors (Lipinski definition) is 1. The lowest BCUT2D eigenvalue weighted by atomic mass is 9.79. The van der Waals surface area contributed by atoms with Gasteiger partial charge in [-0.2, -0.15) is 0 Å². The zero-order chi connectivity index (χ0) is 14.3. The minimum Gasteiger partial charge on any atom is -0.399 e. The summed E-state index contributed by atoms with van der Waals surface area (Å²) in [5.74, 6) is 0. The highest BCUT2D eigenvalue weighted by Gasteiger charge is 2.51. The lowest BCUT2D eigenvalue weighted by Gasteiger charge is -2.32. The Labute approximate surface area is 118 Å². The molecule has 0 unspecified atom stereocenters. The zero-order valence-electron chi connectivity index (χ0n) is 11.6. The topological polar surface area (TPSA) is 61.5 Å². The average Bonchev–Trinajstić information content (AvgIpc) is 2.57. The van der Waals surface area contributed by atoms with Crippen LogP contribution in [0.4, 0.5) is 0 Å². The largest absolute Gasteiger partial charge is 0.494 e. The Morgan fingerprint density at radius 3 is 2.26 bits per heavy atom. The first-order valence-electron chi connectivity index (χ1n) is 6.12. The van der Waals surface area contributed by atoms with Gasteiger partial charge in [0.25, 0.3) is 0 Å². The van der Waals surface area contributed by atoms with E-state index in [2.05, 4.69) is 0 Å². The molecule has 2 N–H and O–H groups in total. The van der Waals surface area contributed by atoms with Gasteiger partial charge in [-0.1, -0.05) is 12.1 Å². The van der Waals surface area contributed by atoms with Crippen molar-refractivity contribution in [2.45, 2.75) is 43.8 Å². The van der Waals surface area contributed by atoms with E-state index in [1.54, 1.807) is 6.07 Å². The van der Waals surface area contributed by atoms with Gasteiger partial charge in [-0.15, -0.1) is 0 Å². The molecule has 0 spiro atoms. The van der Waals surface area contributed by atoms with Crippen molar-refractivity contribution in [1.82, 2.24) is 0 Å². The van der Waals surface area contributed by atoms with E-state index in [4.69, 9.17) is 14.4 Å². The van der Waals surface area contributed by atoms with Crippen LogP contribution in [0.25, 0.3) is 0 Å². The number of nitrogens with two attached hydrogens (primary N) is 1. The molecule has 0 radical (unpaired) electrons. The van der Waals surface area contributed by atoms with Gasteiger partial charge < -0.3 is 9.31 Å². The van der Waals surface area contributed by atoms with E-state index in [0.717, 1.165) is 28.6 Å². The lowest BCUT2D eigenvalue weighted by Crippen LogP contribution is -2.41. The van der Waals surface area contributed by atoms with Crippen LogP contribution in [0.2, 0.25) is 0 Å². The highest BCUT2D eigenvalue weighted by atomic mass is 32.2. The Kier molecular flexibility index (Phi) is 3.79. The summed E-state index contributed by atoms with van der Waals surface area (Å²) in [5, 5.41) is 5.58. The fourth-order valence-electron chi connectivity index (χ4n) is 1.88. The quantitative estimate of drug-likeness (QED) is 0.519. The van der Waals surface area contributed by atoms with E-state index >= 15 is 0 Å². The smallest absolute Gasteiger partial charge is 0.399 e. The molecule has 1 aromatic rings. The van der Waals surface area contributed by atoms with E-state index < -0.39 is 7.12 Å². The van der Waals surface area contributed by atoms with Crippen molar-refractivity contribution in [2.75, 3.05) is 0 Å². The maximum atomic E-state index is 10.9. The third-order valence-corrected chi connectivity index (χ3v) is 4.42. The van der Waals surface area contributed by atoms with E-state index in [-0.39, 0.29) is 11.2 Å². The Morgan fingerprint density at radius 2 is 1.79 bits per heavy atom. The van der Waals surface area contributed by atoms with Gasteiger partial charge in [0.2, 0.25) is 0 Å². The molecule has 0 atom stereocenters. The molecule has 1 heterocycles. The molecule has 1 aliphatic rings. The van der Waals surface area contributed by atoms with Gasteiger partial charge >= 0.3 is 7.12 Å². The second kappa shape index (κ2) is 4.94. The lowest BCUT2D eigenvalue weighted by molar-refractivity contribution is 0.00578. The molecule has 1 saturated heterocycles. The van der Waals surface area contributed by atoms with Gasteiger partial charge in [0.05, 0.1) is 11.2 Å². The Balaban J connectivity index is 2.32. The SMILES string of the molecule is CC1(C)OB(c2ccc(C=O)c(SN)c2)OC1(C)C. The Hall–Kier alpha value is -0.815. The number of rotatable bonds is 3. The van der Waals surface area contributed by atoms with Crippen LogP contribution in [0.3, 0.4) is 0 Å². The van der Waals surface area contributed by atoms with E-state index in [0.29, 0.717) is 5.56 Å². The first kappa shape index (κ1) is 14.6. The maximum Gasteiger partial charge on any atom is 0.494 e. The number of carbonyl (C=O) groups is 1. The Bertz CT molecular complexity index is 489. The van der Waals surface area contributed by atoms with Crippen molar-refractivity contribution in [3.05, 3.63) is 23.8 Å². The number of hydrogen-bond acceptors (Lipinski definition) is 5. The molecule has 0 aromatic heterocycles. The minimum atomic E-state index is -0.434. The minimum absolute atomic E-state index is 0.378.